The van der Waals surface area contributed by atoms with Gasteiger partial charge in [0.2, 0.25) is 0 Å². The monoisotopic (exact) mass is 282 g/mol. The van der Waals surface area contributed by atoms with Gasteiger partial charge in [-0.1, -0.05) is 20.8 Å². The van der Waals surface area contributed by atoms with Crippen LogP contribution in [0.1, 0.15) is 52.9 Å². The third kappa shape index (κ3) is 2.38. The Morgan fingerprint density at radius 1 is 1.35 bits per heavy atom. The average molecular weight is 282 g/mol. The van der Waals surface area contributed by atoms with Crippen LogP contribution in [0.5, 0.6) is 0 Å². The zero-order chi connectivity index (χ0) is 14.9. The number of nitrogens with zero attached hydrogens (tertiary/aromatic N) is 1. The zero-order valence-electron chi connectivity index (χ0n) is 12.7. The fourth-order valence-corrected chi connectivity index (χ4v) is 3.72. The summed E-state index contributed by atoms with van der Waals surface area (Å²) < 4.78 is 0. The lowest BCUT2D eigenvalue weighted by atomic mass is 9.93. The minimum Gasteiger partial charge on any atom is -0.479 e. The van der Waals surface area contributed by atoms with E-state index in [0.29, 0.717) is 31.2 Å². The Morgan fingerprint density at radius 3 is 2.55 bits per heavy atom. The predicted octanol–water partition coefficient (Wildman–Crippen LogP) is 2.46. The molecule has 2 aliphatic rings. The van der Waals surface area contributed by atoms with Gasteiger partial charge in [0.15, 0.2) is 0 Å². The van der Waals surface area contributed by atoms with Crippen LogP contribution in [0.2, 0.25) is 0 Å². The molecular formula is C15H26N2O3. The van der Waals surface area contributed by atoms with Crippen LogP contribution in [0.3, 0.4) is 0 Å². The maximum absolute atomic E-state index is 12.5. The lowest BCUT2D eigenvalue weighted by molar-refractivity contribution is -0.148. The highest BCUT2D eigenvalue weighted by Crippen LogP contribution is 2.34. The summed E-state index contributed by atoms with van der Waals surface area (Å²) >= 11 is 0. The van der Waals surface area contributed by atoms with Crippen LogP contribution in [0.25, 0.3) is 0 Å². The number of carbonyl (C=O) groups is 2. The van der Waals surface area contributed by atoms with Gasteiger partial charge >= 0.3 is 12.0 Å². The van der Waals surface area contributed by atoms with E-state index in [4.69, 9.17) is 0 Å². The van der Waals surface area contributed by atoms with E-state index in [1.165, 1.54) is 0 Å². The van der Waals surface area contributed by atoms with Crippen molar-refractivity contribution in [2.45, 2.75) is 64.5 Å². The molecule has 2 fully saturated rings. The Morgan fingerprint density at radius 2 is 2.05 bits per heavy atom. The van der Waals surface area contributed by atoms with Crippen LogP contribution < -0.4 is 5.32 Å². The van der Waals surface area contributed by atoms with Crippen LogP contribution in [-0.2, 0) is 4.79 Å². The molecule has 1 saturated heterocycles. The normalized spacial score (nSPS) is 37.1. The molecule has 114 valence electrons. The van der Waals surface area contributed by atoms with Gasteiger partial charge in [-0.25, -0.2) is 9.59 Å². The molecule has 0 radical (unpaired) electrons. The van der Waals surface area contributed by atoms with E-state index in [1.807, 2.05) is 6.92 Å². The Kier molecular flexibility index (Phi) is 4.25. The second-order valence-corrected chi connectivity index (χ2v) is 6.42. The quantitative estimate of drug-likeness (QED) is 0.835. The highest BCUT2D eigenvalue weighted by Gasteiger charge is 2.49. The largest absolute Gasteiger partial charge is 0.479 e. The number of amides is 2. The van der Waals surface area contributed by atoms with Crippen molar-refractivity contribution in [3.63, 3.8) is 0 Å². The molecule has 0 aromatic heterocycles. The molecule has 1 aliphatic heterocycles. The molecule has 0 spiro atoms. The lowest BCUT2D eigenvalue weighted by Crippen LogP contribution is -2.57. The zero-order valence-corrected chi connectivity index (χ0v) is 12.7. The highest BCUT2D eigenvalue weighted by molar-refractivity contribution is 5.87. The summed E-state index contributed by atoms with van der Waals surface area (Å²) in [6.07, 6.45) is 3.91. The molecule has 5 heteroatoms. The van der Waals surface area contributed by atoms with Gasteiger partial charge in [0, 0.05) is 12.6 Å². The molecule has 4 atom stereocenters. The number of carboxylic acids is 1. The summed E-state index contributed by atoms with van der Waals surface area (Å²) in [5, 5.41) is 12.6. The maximum atomic E-state index is 12.5. The van der Waals surface area contributed by atoms with Crippen molar-refractivity contribution >= 4 is 12.0 Å². The number of likely N-dealkylation sites (tertiary alicyclic amines) is 1. The van der Waals surface area contributed by atoms with E-state index in [-0.39, 0.29) is 12.1 Å². The molecule has 1 aliphatic carbocycles. The first-order valence-corrected chi connectivity index (χ1v) is 7.74. The van der Waals surface area contributed by atoms with E-state index >= 15 is 0 Å². The van der Waals surface area contributed by atoms with Crippen LogP contribution >= 0.6 is 0 Å². The maximum Gasteiger partial charge on any atom is 0.329 e. The molecule has 4 unspecified atom stereocenters. The van der Waals surface area contributed by atoms with Gasteiger partial charge in [0.05, 0.1) is 0 Å². The second-order valence-electron chi connectivity index (χ2n) is 6.42. The average Bonchev–Trinajstić information content (AvgIpc) is 2.98. The fraction of sp³-hybridized carbons (Fsp3) is 0.867. The Bertz CT molecular complexity index is 399. The molecule has 5 nitrogen and oxygen atoms in total. The molecule has 2 N–H and O–H groups in total. The Balaban J connectivity index is 2.07. The number of aliphatic carboxylic acids is 1. The predicted molar refractivity (Wildman–Crippen MR) is 76.5 cm³/mol. The van der Waals surface area contributed by atoms with Gasteiger partial charge in [-0.3, -0.25) is 0 Å². The van der Waals surface area contributed by atoms with Crippen molar-refractivity contribution in [2.75, 3.05) is 6.54 Å². The van der Waals surface area contributed by atoms with Crippen molar-refractivity contribution < 1.29 is 14.7 Å². The lowest BCUT2D eigenvalue weighted by Gasteiger charge is -2.35. The molecular weight excluding hydrogens is 256 g/mol. The standard InChI is InChI=1S/C15H26N2O3/c1-4-15(13(18)19)8-5-9-17(15)14(20)16-12-7-6-10(2)11(12)3/h10-12H,4-9H2,1-3H3,(H,16,20)(H,18,19). The van der Waals surface area contributed by atoms with Gasteiger partial charge in [0.25, 0.3) is 0 Å². The number of carbonyl (C=O) groups excluding carboxylic acids is 1. The molecule has 0 aromatic carbocycles. The molecule has 0 bridgehead atoms. The SMILES string of the molecule is CCC1(C(=O)O)CCCN1C(=O)NC1CCC(C)C1C. The van der Waals surface area contributed by atoms with Gasteiger partial charge in [-0.2, -0.15) is 0 Å². The van der Waals surface area contributed by atoms with E-state index in [2.05, 4.69) is 19.2 Å². The van der Waals surface area contributed by atoms with Crippen LogP contribution in [0.4, 0.5) is 4.79 Å². The van der Waals surface area contributed by atoms with Gasteiger partial charge < -0.3 is 15.3 Å². The first-order chi connectivity index (χ1) is 9.42. The number of urea groups is 1. The third-order valence-corrected chi connectivity index (χ3v) is 5.49. The number of carboxylic acid groups (broad SMARTS) is 1. The van der Waals surface area contributed by atoms with Crippen LogP contribution in [0, 0.1) is 11.8 Å². The molecule has 1 heterocycles. The number of hydrogen-bond donors (Lipinski definition) is 2. The molecule has 20 heavy (non-hydrogen) atoms. The van der Waals surface area contributed by atoms with Crippen molar-refractivity contribution in [3.8, 4) is 0 Å². The van der Waals surface area contributed by atoms with Crippen molar-refractivity contribution in [1.29, 1.82) is 0 Å². The number of nitrogens with one attached hydrogen (secondary N) is 1. The summed E-state index contributed by atoms with van der Waals surface area (Å²) in [6.45, 7) is 6.76. The van der Waals surface area contributed by atoms with E-state index in [1.54, 1.807) is 4.90 Å². The van der Waals surface area contributed by atoms with Crippen molar-refractivity contribution in [2.24, 2.45) is 11.8 Å². The minimum absolute atomic E-state index is 0.182. The first kappa shape index (κ1) is 15.1. The summed E-state index contributed by atoms with van der Waals surface area (Å²) in [6, 6.07) is -0.0147. The highest BCUT2D eigenvalue weighted by atomic mass is 16.4. The summed E-state index contributed by atoms with van der Waals surface area (Å²) in [7, 11) is 0. The van der Waals surface area contributed by atoms with E-state index in [9.17, 15) is 14.7 Å². The minimum atomic E-state index is -1.00. The Hall–Kier alpha value is -1.26. The number of hydrogen-bond acceptors (Lipinski definition) is 2. The summed E-state index contributed by atoms with van der Waals surface area (Å²) in [4.78, 5) is 25.6. The molecule has 2 amide bonds. The number of rotatable bonds is 3. The second kappa shape index (κ2) is 5.62. The third-order valence-electron chi connectivity index (χ3n) is 5.49. The Labute approximate surface area is 120 Å². The van der Waals surface area contributed by atoms with Gasteiger partial charge in [-0.15, -0.1) is 0 Å². The fourth-order valence-electron chi connectivity index (χ4n) is 3.72. The van der Waals surface area contributed by atoms with Gasteiger partial charge in [-0.05, 0) is 43.9 Å². The van der Waals surface area contributed by atoms with E-state index < -0.39 is 11.5 Å². The molecule has 0 aromatic rings. The topological polar surface area (TPSA) is 69.6 Å². The van der Waals surface area contributed by atoms with Crippen LogP contribution in [0.15, 0.2) is 0 Å². The van der Waals surface area contributed by atoms with E-state index in [0.717, 1.165) is 19.3 Å². The van der Waals surface area contributed by atoms with Gasteiger partial charge in [0.1, 0.15) is 5.54 Å². The summed E-state index contributed by atoms with van der Waals surface area (Å²) in [5.41, 5.74) is -1.00. The van der Waals surface area contributed by atoms with Crippen molar-refractivity contribution in [1.82, 2.24) is 10.2 Å². The smallest absolute Gasteiger partial charge is 0.329 e. The van der Waals surface area contributed by atoms with Crippen molar-refractivity contribution in [3.05, 3.63) is 0 Å². The first-order valence-electron chi connectivity index (χ1n) is 7.74. The van der Waals surface area contributed by atoms with Crippen LogP contribution in [-0.4, -0.2) is 40.1 Å². The summed E-state index contributed by atoms with van der Waals surface area (Å²) in [5.74, 6) is 0.206. The molecule has 2 rings (SSSR count). The molecule has 1 saturated carbocycles.